The van der Waals surface area contributed by atoms with Crippen molar-refractivity contribution in [2.45, 2.75) is 25.8 Å². The molecule has 120 valence electrons. The van der Waals surface area contributed by atoms with Gasteiger partial charge >= 0.3 is 0 Å². The van der Waals surface area contributed by atoms with E-state index in [1.54, 1.807) is 31.4 Å². The highest BCUT2D eigenvalue weighted by molar-refractivity contribution is 6.04. The van der Waals surface area contributed by atoms with E-state index in [1.165, 1.54) is 0 Å². The summed E-state index contributed by atoms with van der Waals surface area (Å²) in [7, 11) is 1.59. The van der Waals surface area contributed by atoms with E-state index >= 15 is 0 Å². The number of nitrogens with one attached hydrogen (secondary N) is 1. The van der Waals surface area contributed by atoms with Crippen LogP contribution in [0.3, 0.4) is 0 Å². The lowest BCUT2D eigenvalue weighted by molar-refractivity contribution is 0.0922. The van der Waals surface area contributed by atoms with Gasteiger partial charge in [-0.05, 0) is 44.0 Å². The molecule has 1 saturated carbocycles. The second kappa shape index (κ2) is 8.38. The summed E-state index contributed by atoms with van der Waals surface area (Å²) in [5.41, 5.74) is 0.526. The number of amidine groups is 1. The molecule has 0 saturated heterocycles. The monoisotopic (exact) mass is 306 g/mol. The number of rotatable bonds is 7. The molecule has 1 aliphatic rings. The number of aliphatic imine (C=N–C) groups is 1. The van der Waals surface area contributed by atoms with Crippen LogP contribution >= 0.6 is 0 Å². The van der Waals surface area contributed by atoms with E-state index in [9.17, 15) is 4.79 Å². The summed E-state index contributed by atoms with van der Waals surface area (Å²) in [6, 6.07) is 7.40. The first-order chi connectivity index (χ1) is 10.7. The van der Waals surface area contributed by atoms with Crippen molar-refractivity contribution >= 4 is 11.9 Å². The highest BCUT2D eigenvalue weighted by Gasteiger charge is 2.22. The van der Waals surface area contributed by atoms with Crippen molar-refractivity contribution in [2.24, 2.45) is 4.99 Å². The van der Waals surface area contributed by atoms with Gasteiger partial charge in [-0.2, -0.15) is 0 Å². The number of amides is 1. The zero-order chi connectivity index (χ0) is 15.8. The number of hydrogen-bond donors (Lipinski definition) is 1. The maximum absolute atomic E-state index is 12.2. The average Bonchev–Trinajstić information content (AvgIpc) is 3.35. The summed E-state index contributed by atoms with van der Waals surface area (Å²) in [6.45, 7) is 3.39. The van der Waals surface area contributed by atoms with Crippen LogP contribution in [0.2, 0.25) is 0 Å². The fourth-order valence-electron chi connectivity index (χ4n) is 1.73. The molecule has 1 amide bonds. The van der Waals surface area contributed by atoms with E-state index in [2.05, 4.69) is 10.3 Å². The van der Waals surface area contributed by atoms with Crippen molar-refractivity contribution < 1.29 is 19.0 Å². The van der Waals surface area contributed by atoms with Crippen LogP contribution in [0.4, 0.5) is 0 Å². The number of carbonyl (C=O) groups is 1. The third-order valence-electron chi connectivity index (χ3n) is 3.09. The van der Waals surface area contributed by atoms with Crippen molar-refractivity contribution in [3.63, 3.8) is 0 Å². The van der Waals surface area contributed by atoms with Gasteiger partial charge in [0.25, 0.3) is 11.9 Å². The van der Waals surface area contributed by atoms with Gasteiger partial charge in [0, 0.05) is 12.2 Å². The van der Waals surface area contributed by atoms with Gasteiger partial charge in [0.1, 0.15) is 12.4 Å². The minimum absolute atomic E-state index is 0.251. The Bertz CT molecular complexity index is 509. The first-order valence-electron chi connectivity index (χ1n) is 7.46. The maximum Gasteiger partial charge on any atom is 0.292 e. The molecule has 6 nitrogen and oxygen atoms in total. The molecule has 1 aromatic carbocycles. The Labute approximate surface area is 130 Å². The Kier molecular flexibility index (Phi) is 6.21. The Morgan fingerprint density at radius 1 is 1.27 bits per heavy atom. The fourth-order valence-corrected chi connectivity index (χ4v) is 1.73. The molecule has 1 fully saturated rings. The number of benzene rings is 1. The van der Waals surface area contributed by atoms with E-state index < -0.39 is 0 Å². The van der Waals surface area contributed by atoms with Crippen molar-refractivity contribution in [2.75, 3.05) is 26.9 Å². The fraction of sp³-hybridized carbons (Fsp3) is 0.500. The SMILES string of the molecule is CCOCCOC(=NC1CC1)NC(=O)c1ccc(OC)cc1. The number of nitrogens with zero attached hydrogens (tertiary/aromatic N) is 1. The average molecular weight is 306 g/mol. The molecule has 0 unspecified atom stereocenters. The normalized spacial score (nSPS) is 14.5. The van der Waals surface area contributed by atoms with Crippen LogP contribution in [-0.4, -0.2) is 44.9 Å². The largest absolute Gasteiger partial charge is 0.497 e. The van der Waals surface area contributed by atoms with E-state index in [0.29, 0.717) is 31.1 Å². The number of carbonyl (C=O) groups excluding carboxylic acids is 1. The number of ether oxygens (including phenoxy) is 3. The Morgan fingerprint density at radius 3 is 2.59 bits per heavy atom. The van der Waals surface area contributed by atoms with Gasteiger partial charge in [-0.25, -0.2) is 4.99 Å². The summed E-state index contributed by atoms with van der Waals surface area (Å²) in [6.07, 6.45) is 2.08. The van der Waals surface area contributed by atoms with E-state index in [1.807, 2.05) is 6.92 Å². The van der Waals surface area contributed by atoms with E-state index in [4.69, 9.17) is 14.2 Å². The zero-order valence-corrected chi connectivity index (χ0v) is 13.0. The number of hydrogen-bond acceptors (Lipinski definition) is 5. The van der Waals surface area contributed by atoms with Crippen LogP contribution in [0, 0.1) is 0 Å². The first-order valence-corrected chi connectivity index (χ1v) is 7.46. The molecule has 2 rings (SSSR count). The molecule has 6 heteroatoms. The lowest BCUT2D eigenvalue weighted by atomic mass is 10.2. The summed E-state index contributed by atoms with van der Waals surface area (Å²) in [5.74, 6) is 0.454. The van der Waals surface area contributed by atoms with Crippen LogP contribution in [-0.2, 0) is 9.47 Å². The summed E-state index contributed by atoms with van der Waals surface area (Å²) in [4.78, 5) is 16.6. The molecule has 22 heavy (non-hydrogen) atoms. The van der Waals surface area contributed by atoms with Gasteiger partial charge in [0.2, 0.25) is 0 Å². The van der Waals surface area contributed by atoms with Crippen LogP contribution in [0.5, 0.6) is 5.75 Å². The third kappa shape index (κ3) is 5.37. The van der Waals surface area contributed by atoms with Gasteiger partial charge in [0.05, 0.1) is 19.8 Å². The predicted molar refractivity (Wildman–Crippen MR) is 83.4 cm³/mol. The Balaban J connectivity index is 1.91. The summed E-state index contributed by atoms with van der Waals surface area (Å²) < 4.78 is 15.8. The van der Waals surface area contributed by atoms with Crippen LogP contribution in [0.15, 0.2) is 29.3 Å². The lowest BCUT2D eigenvalue weighted by Crippen LogP contribution is -2.33. The molecule has 0 aliphatic heterocycles. The van der Waals surface area contributed by atoms with Gasteiger partial charge in [-0.1, -0.05) is 0 Å². The lowest BCUT2D eigenvalue weighted by Gasteiger charge is -2.11. The predicted octanol–water partition coefficient (Wildman–Crippen LogP) is 2.00. The Hall–Kier alpha value is -2.08. The molecule has 0 heterocycles. The van der Waals surface area contributed by atoms with Crippen LogP contribution < -0.4 is 10.1 Å². The van der Waals surface area contributed by atoms with Crippen molar-refractivity contribution in [1.29, 1.82) is 0 Å². The molecule has 0 atom stereocenters. The van der Waals surface area contributed by atoms with Crippen LogP contribution in [0.25, 0.3) is 0 Å². The molecular weight excluding hydrogens is 284 g/mol. The molecule has 1 aliphatic carbocycles. The topological polar surface area (TPSA) is 69.2 Å². The quantitative estimate of drug-likeness (QED) is 0.475. The Morgan fingerprint density at radius 2 is 2.00 bits per heavy atom. The van der Waals surface area contributed by atoms with E-state index in [-0.39, 0.29) is 18.0 Å². The minimum atomic E-state index is -0.251. The second-order valence-corrected chi connectivity index (χ2v) is 4.89. The van der Waals surface area contributed by atoms with Crippen molar-refractivity contribution in [3.05, 3.63) is 29.8 Å². The smallest absolute Gasteiger partial charge is 0.292 e. The summed E-state index contributed by atoms with van der Waals surface area (Å²) >= 11 is 0. The first kappa shape index (κ1) is 16.3. The maximum atomic E-state index is 12.2. The molecule has 0 aromatic heterocycles. The highest BCUT2D eigenvalue weighted by atomic mass is 16.5. The highest BCUT2D eigenvalue weighted by Crippen LogP contribution is 2.23. The molecule has 0 bridgehead atoms. The van der Waals surface area contributed by atoms with Gasteiger partial charge in [-0.15, -0.1) is 0 Å². The molecule has 1 aromatic rings. The van der Waals surface area contributed by atoms with Crippen LogP contribution in [0.1, 0.15) is 30.1 Å². The van der Waals surface area contributed by atoms with Gasteiger partial charge < -0.3 is 14.2 Å². The molecule has 0 spiro atoms. The third-order valence-corrected chi connectivity index (χ3v) is 3.09. The number of methoxy groups -OCH3 is 1. The summed E-state index contributed by atoms with van der Waals surface area (Å²) in [5, 5.41) is 2.71. The van der Waals surface area contributed by atoms with E-state index in [0.717, 1.165) is 12.8 Å². The standard InChI is InChI=1S/C16H22N2O4/c1-3-21-10-11-22-16(17-13-6-7-13)18-15(19)12-4-8-14(20-2)9-5-12/h4-5,8-9,13H,3,6-7,10-11H2,1-2H3,(H,17,18,19). The van der Waals surface area contributed by atoms with Gasteiger partial charge in [-0.3, -0.25) is 10.1 Å². The molecular formula is C16H22N2O4. The second-order valence-electron chi connectivity index (χ2n) is 4.89. The molecule has 1 N–H and O–H groups in total. The minimum Gasteiger partial charge on any atom is -0.497 e. The van der Waals surface area contributed by atoms with Gasteiger partial charge in [0.15, 0.2) is 0 Å². The zero-order valence-electron chi connectivity index (χ0n) is 13.0. The van der Waals surface area contributed by atoms with Crippen molar-refractivity contribution in [3.8, 4) is 5.75 Å². The molecule has 0 radical (unpaired) electrons. The van der Waals surface area contributed by atoms with Crippen molar-refractivity contribution in [1.82, 2.24) is 5.32 Å².